The van der Waals surface area contributed by atoms with Gasteiger partial charge in [0.2, 0.25) is 0 Å². The van der Waals surface area contributed by atoms with Crippen LogP contribution in [0.25, 0.3) is 0 Å². The van der Waals surface area contributed by atoms with Crippen LogP contribution >= 0.6 is 0 Å². The molecule has 2 aromatic rings. The number of nitrogens with zero attached hydrogens (tertiary/aromatic N) is 1. The lowest BCUT2D eigenvalue weighted by molar-refractivity contribution is 0.0697. The summed E-state index contributed by atoms with van der Waals surface area (Å²) < 4.78 is 0. The number of carboxylic acids is 1. The Hall–Kier alpha value is -2.29. The molecule has 0 aliphatic rings. The van der Waals surface area contributed by atoms with Gasteiger partial charge in [0, 0.05) is 18.4 Å². The zero-order valence-corrected chi connectivity index (χ0v) is 12.3. The van der Waals surface area contributed by atoms with Crippen LogP contribution in [0.3, 0.4) is 0 Å². The summed E-state index contributed by atoms with van der Waals surface area (Å²) in [5, 5.41) is 8.93. The summed E-state index contributed by atoms with van der Waals surface area (Å²) in [5.41, 5.74) is 6.15. The molecule has 3 nitrogen and oxygen atoms in total. The molecule has 0 heterocycles. The SMILES string of the molecule is Cc1cc(C)c(N(C)c2ccc(C(=O)O)cc2)cc1C. The first-order chi connectivity index (χ1) is 9.40. The maximum atomic E-state index is 10.9. The molecule has 20 heavy (non-hydrogen) atoms. The third-order valence-corrected chi connectivity index (χ3v) is 3.68. The topological polar surface area (TPSA) is 40.5 Å². The number of rotatable bonds is 3. The van der Waals surface area contributed by atoms with E-state index >= 15 is 0 Å². The molecule has 2 aromatic carbocycles. The Morgan fingerprint density at radius 2 is 1.50 bits per heavy atom. The van der Waals surface area contributed by atoms with Gasteiger partial charge in [0.15, 0.2) is 0 Å². The fourth-order valence-corrected chi connectivity index (χ4v) is 2.27. The summed E-state index contributed by atoms with van der Waals surface area (Å²) in [6, 6.07) is 11.3. The van der Waals surface area contributed by atoms with E-state index < -0.39 is 5.97 Å². The number of hydrogen-bond donors (Lipinski definition) is 1. The second-order valence-electron chi connectivity index (χ2n) is 5.13. The van der Waals surface area contributed by atoms with Gasteiger partial charge < -0.3 is 10.0 Å². The van der Waals surface area contributed by atoms with Gasteiger partial charge in [0.05, 0.1) is 5.56 Å². The van der Waals surface area contributed by atoms with E-state index in [2.05, 4.69) is 37.8 Å². The number of carbonyl (C=O) groups is 1. The molecule has 0 spiro atoms. The van der Waals surface area contributed by atoms with E-state index in [1.165, 1.54) is 16.7 Å². The van der Waals surface area contributed by atoms with Crippen molar-refractivity contribution in [2.24, 2.45) is 0 Å². The van der Waals surface area contributed by atoms with Crippen LogP contribution in [0.4, 0.5) is 11.4 Å². The van der Waals surface area contributed by atoms with Crippen molar-refractivity contribution in [2.45, 2.75) is 20.8 Å². The number of carboxylic acid groups (broad SMARTS) is 1. The minimum absolute atomic E-state index is 0.305. The van der Waals surface area contributed by atoms with Crippen LogP contribution in [-0.2, 0) is 0 Å². The lowest BCUT2D eigenvalue weighted by atomic mass is 10.0. The van der Waals surface area contributed by atoms with E-state index in [0.717, 1.165) is 11.4 Å². The first-order valence-corrected chi connectivity index (χ1v) is 6.55. The molecule has 0 bridgehead atoms. The molecule has 0 aromatic heterocycles. The predicted octanol–water partition coefficient (Wildman–Crippen LogP) is 4.08. The molecule has 1 N–H and O–H groups in total. The second kappa shape index (κ2) is 5.37. The van der Waals surface area contributed by atoms with Crippen molar-refractivity contribution in [1.29, 1.82) is 0 Å². The number of aromatic carboxylic acids is 1. The molecule has 3 heteroatoms. The van der Waals surface area contributed by atoms with Crippen LogP contribution in [0.5, 0.6) is 0 Å². The van der Waals surface area contributed by atoms with Gasteiger partial charge in [0.25, 0.3) is 0 Å². The lowest BCUT2D eigenvalue weighted by Gasteiger charge is -2.23. The molecule has 104 valence electrons. The van der Waals surface area contributed by atoms with E-state index in [-0.39, 0.29) is 0 Å². The number of aryl methyl sites for hydroxylation is 3. The van der Waals surface area contributed by atoms with E-state index in [1.807, 2.05) is 19.2 Å². The zero-order valence-electron chi connectivity index (χ0n) is 12.3. The molecule has 0 saturated heterocycles. The molecule has 0 aliphatic carbocycles. The first kappa shape index (κ1) is 14.1. The summed E-state index contributed by atoms with van der Waals surface area (Å²) >= 11 is 0. The highest BCUT2D eigenvalue weighted by Crippen LogP contribution is 2.29. The van der Waals surface area contributed by atoms with E-state index in [0.29, 0.717) is 5.56 Å². The fourth-order valence-electron chi connectivity index (χ4n) is 2.27. The molecule has 0 unspecified atom stereocenters. The number of anilines is 2. The maximum Gasteiger partial charge on any atom is 0.335 e. The molecule has 0 amide bonds. The highest BCUT2D eigenvalue weighted by atomic mass is 16.4. The lowest BCUT2D eigenvalue weighted by Crippen LogP contribution is -2.11. The number of benzene rings is 2. The Balaban J connectivity index is 2.38. The van der Waals surface area contributed by atoms with Crippen molar-refractivity contribution in [3.05, 3.63) is 58.7 Å². The molecule has 0 aliphatic heterocycles. The summed E-state index contributed by atoms with van der Waals surface area (Å²) in [4.78, 5) is 13.0. The molecule has 0 radical (unpaired) electrons. The third-order valence-electron chi connectivity index (χ3n) is 3.68. The maximum absolute atomic E-state index is 10.9. The van der Waals surface area contributed by atoms with Gasteiger partial charge in [-0.2, -0.15) is 0 Å². The molecule has 0 fully saturated rings. The Labute approximate surface area is 119 Å². The fraction of sp³-hybridized carbons (Fsp3) is 0.235. The quantitative estimate of drug-likeness (QED) is 0.912. The monoisotopic (exact) mass is 269 g/mol. The van der Waals surface area contributed by atoms with Crippen molar-refractivity contribution in [1.82, 2.24) is 0 Å². The smallest absolute Gasteiger partial charge is 0.335 e. The van der Waals surface area contributed by atoms with Crippen LogP contribution in [-0.4, -0.2) is 18.1 Å². The molecular formula is C17H19NO2. The summed E-state index contributed by atoms with van der Waals surface area (Å²) in [6.07, 6.45) is 0. The summed E-state index contributed by atoms with van der Waals surface area (Å²) in [7, 11) is 1.99. The average molecular weight is 269 g/mol. The van der Waals surface area contributed by atoms with E-state index in [4.69, 9.17) is 5.11 Å². The standard InChI is InChI=1S/C17H19NO2/c1-11-9-13(3)16(10-12(11)2)18(4)15-7-5-14(6-8-15)17(19)20/h5-10H,1-4H3,(H,19,20). The van der Waals surface area contributed by atoms with Crippen molar-refractivity contribution < 1.29 is 9.90 Å². The van der Waals surface area contributed by atoms with E-state index in [9.17, 15) is 4.79 Å². The zero-order chi connectivity index (χ0) is 14.9. The third kappa shape index (κ3) is 2.67. The highest BCUT2D eigenvalue weighted by Gasteiger charge is 2.10. The largest absolute Gasteiger partial charge is 0.478 e. The van der Waals surface area contributed by atoms with Crippen molar-refractivity contribution >= 4 is 17.3 Å². The normalized spacial score (nSPS) is 10.4. The minimum Gasteiger partial charge on any atom is -0.478 e. The Morgan fingerprint density at radius 3 is 2.05 bits per heavy atom. The van der Waals surface area contributed by atoms with Crippen molar-refractivity contribution in [3.8, 4) is 0 Å². The van der Waals surface area contributed by atoms with Crippen molar-refractivity contribution in [3.63, 3.8) is 0 Å². The molecular weight excluding hydrogens is 250 g/mol. The van der Waals surface area contributed by atoms with E-state index in [1.54, 1.807) is 12.1 Å². The van der Waals surface area contributed by atoms with Crippen LogP contribution in [0.2, 0.25) is 0 Å². The van der Waals surface area contributed by atoms with Crippen molar-refractivity contribution in [2.75, 3.05) is 11.9 Å². The molecule has 0 atom stereocenters. The van der Waals surface area contributed by atoms with Crippen LogP contribution in [0.1, 0.15) is 27.0 Å². The summed E-state index contributed by atoms with van der Waals surface area (Å²) in [6.45, 7) is 6.29. The van der Waals surface area contributed by atoms with Gasteiger partial charge >= 0.3 is 5.97 Å². The van der Waals surface area contributed by atoms with Crippen LogP contribution < -0.4 is 4.90 Å². The molecule has 2 rings (SSSR count). The highest BCUT2D eigenvalue weighted by molar-refractivity contribution is 5.88. The molecule has 0 saturated carbocycles. The second-order valence-corrected chi connectivity index (χ2v) is 5.13. The van der Waals surface area contributed by atoms with Gasteiger partial charge in [-0.1, -0.05) is 6.07 Å². The average Bonchev–Trinajstić information content (AvgIpc) is 2.42. The van der Waals surface area contributed by atoms with Gasteiger partial charge in [0.1, 0.15) is 0 Å². The Bertz CT molecular complexity index is 645. The van der Waals surface area contributed by atoms with Gasteiger partial charge in [-0.05, 0) is 67.8 Å². The Morgan fingerprint density at radius 1 is 0.950 bits per heavy atom. The van der Waals surface area contributed by atoms with Gasteiger partial charge in [-0.3, -0.25) is 0 Å². The van der Waals surface area contributed by atoms with Crippen LogP contribution in [0.15, 0.2) is 36.4 Å². The first-order valence-electron chi connectivity index (χ1n) is 6.55. The van der Waals surface area contributed by atoms with Crippen LogP contribution in [0, 0.1) is 20.8 Å². The summed E-state index contributed by atoms with van der Waals surface area (Å²) in [5.74, 6) is -0.901. The predicted molar refractivity (Wildman–Crippen MR) is 82.1 cm³/mol. The minimum atomic E-state index is -0.901. The van der Waals surface area contributed by atoms with Gasteiger partial charge in [-0.15, -0.1) is 0 Å². The number of hydrogen-bond acceptors (Lipinski definition) is 2. The Kier molecular flexibility index (Phi) is 3.79. The van der Waals surface area contributed by atoms with Gasteiger partial charge in [-0.25, -0.2) is 4.79 Å².